The van der Waals surface area contributed by atoms with Crippen molar-refractivity contribution in [1.82, 2.24) is 0 Å². The van der Waals surface area contributed by atoms with Crippen molar-refractivity contribution in [2.24, 2.45) is 17.1 Å². The second-order valence-corrected chi connectivity index (χ2v) is 5.93. The van der Waals surface area contributed by atoms with Crippen molar-refractivity contribution in [3.05, 3.63) is 29.8 Å². The number of carbonyl (C=O) groups is 1. The van der Waals surface area contributed by atoms with E-state index in [0.29, 0.717) is 18.8 Å². The minimum absolute atomic E-state index is 0.0880. The van der Waals surface area contributed by atoms with E-state index < -0.39 is 23.1 Å². The minimum Gasteiger partial charge on any atom is -0.392 e. The third-order valence-electron chi connectivity index (χ3n) is 3.75. The lowest BCUT2D eigenvalue weighted by Crippen LogP contribution is -2.53. The monoisotopic (exact) mass is 316 g/mol. The van der Waals surface area contributed by atoms with Crippen molar-refractivity contribution in [2.75, 3.05) is 5.32 Å². The number of thiocarbonyl (C=S) groups is 1. The van der Waals surface area contributed by atoms with Crippen LogP contribution < -0.4 is 11.1 Å². The third kappa shape index (κ3) is 3.02. The number of anilines is 1. The van der Waals surface area contributed by atoms with Gasteiger partial charge in [0.05, 0.1) is 16.0 Å². The molecule has 0 aliphatic heterocycles. The number of nitrogens with two attached hydrogens (primary N) is 1. The van der Waals surface area contributed by atoms with E-state index in [0.717, 1.165) is 12.1 Å². The fourth-order valence-electron chi connectivity index (χ4n) is 2.65. The molecule has 1 aromatic rings. The number of hydrogen-bond acceptors (Lipinski definition) is 2. The summed E-state index contributed by atoms with van der Waals surface area (Å²) in [7, 11) is 0. The predicted molar refractivity (Wildman–Crippen MR) is 77.7 cm³/mol. The average Bonchev–Trinajstić information content (AvgIpc) is 2.33. The van der Waals surface area contributed by atoms with Gasteiger partial charge in [-0.3, -0.25) is 4.79 Å². The van der Waals surface area contributed by atoms with Gasteiger partial charge in [0.15, 0.2) is 0 Å². The molecular weight excluding hydrogens is 301 g/mol. The molecule has 2 rings (SSSR count). The zero-order chi connectivity index (χ0) is 15.8. The van der Waals surface area contributed by atoms with Crippen LogP contribution in [0, 0.1) is 11.3 Å². The average molecular weight is 316 g/mol. The molecule has 1 aliphatic rings. The Morgan fingerprint density at radius 3 is 2.52 bits per heavy atom. The van der Waals surface area contributed by atoms with E-state index in [4.69, 9.17) is 18.0 Å². The normalized spacial score (nSPS) is 25.0. The lowest BCUT2D eigenvalue weighted by Gasteiger charge is -2.44. The van der Waals surface area contributed by atoms with E-state index in [1.54, 1.807) is 0 Å². The van der Waals surface area contributed by atoms with Crippen LogP contribution in [-0.2, 0) is 11.0 Å². The van der Waals surface area contributed by atoms with Gasteiger partial charge in [0.1, 0.15) is 0 Å². The van der Waals surface area contributed by atoms with Gasteiger partial charge in [0, 0.05) is 5.69 Å². The lowest BCUT2D eigenvalue weighted by atomic mass is 9.62. The van der Waals surface area contributed by atoms with Crippen LogP contribution in [0.5, 0.6) is 0 Å². The van der Waals surface area contributed by atoms with Gasteiger partial charge in [-0.05, 0) is 37.0 Å². The fraction of sp³-hybridized carbons (Fsp3) is 0.429. The number of alkyl halides is 3. The molecule has 0 bridgehead atoms. The van der Waals surface area contributed by atoms with Crippen molar-refractivity contribution in [1.29, 1.82) is 0 Å². The van der Waals surface area contributed by atoms with Gasteiger partial charge in [-0.25, -0.2) is 0 Å². The Hall–Kier alpha value is -1.63. The van der Waals surface area contributed by atoms with E-state index in [9.17, 15) is 18.0 Å². The van der Waals surface area contributed by atoms with Crippen molar-refractivity contribution in [3.63, 3.8) is 0 Å². The summed E-state index contributed by atoms with van der Waals surface area (Å²) in [5, 5.41) is 2.49. The maximum Gasteiger partial charge on any atom is 0.416 e. The Morgan fingerprint density at radius 1 is 1.43 bits per heavy atom. The number of nitrogens with one attached hydrogen (secondary N) is 1. The number of carbonyl (C=O) groups excluding carboxylic acids is 1. The first-order valence-corrected chi connectivity index (χ1v) is 6.84. The van der Waals surface area contributed by atoms with Crippen LogP contribution in [0.25, 0.3) is 0 Å². The first kappa shape index (κ1) is 15.8. The van der Waals surface area contributed by atoms with Crippen LogP contribution in [-0.4, -0.2) is 10.9 Å². The molecule has 0 aromatic heterocycles. The standard InChI is InChI=1S/C14H15F3N2OS/c1-8-6-13(7-8,11(18)21)12(20)19-10-4-2-3-9(5-10)14(15,16)17/h2-5,8H,6-7H2,1H3,(H2,18,21)(H,19,20). The van der Waals surface area contributed by atoms with Crippen LogP contribution in [0.2, 0.25) is 0 Å². The van der Waals surface area contributed by atoms with Gasteiger partial charge in [-0.15, -0.1) is 0 Å². The third-order valence-corrected chi connectivity index (χ3v) is 4.14. The Balaban J connectivity index is 2.18. The minimum atomic E-state index is -4.45. The van der Waals surface area contributed by atoms with Crippen LogP contribution in [0.15, 0.2) is 24.3 Å². The number of amides is 1. The highest BCUT2D eigenvalue weighted by molar-refractivity contribution is 7.80. The quantitative estimate of drug-likeness (QED) is 0.841. The maximum absolute atomic E-state index is 12.6. The Labute approximate surface area is 125 Å². The molecule has 114 valence electrons. The predicted octanol–water partition coefficient (Wildman–Crippen LogP) is 3.35. The number of hydrogen-bond donors (Lipinski definition) is 2. The molecule has 0 heterocycles. The highest BCUT2D eigenvalue weighted by Crippen LogP contribution is 2.46. The van der Waals surface area contributed by atoms with E-state index >= 15 is 0 Å². The topological polar surface area (TPSA) is 55.1 Å². The van der Waals surface area contributed by atoms with E-state index in [1.165, 1.54) is 12.1 Å². The molecule has 1 amide bonds. The molecule has 1 aliphatic carbocycles. The van der Waals surface area contributed by atoms with Crippen molar-refractivity contribution >= 4 is 28.8 Å². The summed E-state index contributed by atoms with van der Waals surface area (Å²) in [6.07, 6.45) is -3.41. The van der Waals surface area contributed by atoms with E-state index in [1.807, 2.05) is 6.92 Å². The van der Waals surface area contributed by atoms with Gasteiger partial charge in [-0.2, -0.15) is 13.2 Å². The summed E-state index contributed by atoms with van der Waals surface area (Å²) in [6, 6.07) is 4.50. The Bertz CT molecular complexity index is 580. The van der Waals surface area contributed by atoms with Gasteiger partial charge < -0.3 is 11.1 Å². The molecule has 3 N–H and O–H groups in total. The fourth-order valence-corrected chi connectivity index (χ4v) is 2.91. The first-order chi connectivity index (χ1) is 9.65. The molecule has 0 radical (unpaired) electrons. The SMILES string of the molecule is CC1CC(C(=O)Nc2cccc(C(F)(F)F)c2)(C(N)=S)C1. The highest BCUT2D eigenvalue weighted by Gasteiger charge is 2.50. The van der Waals surface area contributed by atoms with Crippen LogP contribution >= 0.6 is 12.2 Å². The molecule has 7 heteroatoms. The van der Waals surface area contributed by atoms with Crippen molar-refractivity contribution in [3.8, 4) is 0 Å². The second kappa shape index (κ2) is 5.29. The molecule has 1 aromatic carbocycles. The highest BCUT2D eigenvalue weighted by atomic mass is 32.1. The molecule has 0 atom stereocenters. The molecular formula is C14H15F3N2OS. The van der Waals surface area contributed by atoms with Crippen LogP contribution in [0.1, 0.15) is 25.3 Å². The second-order valence-electron chi connectivity index (χ2n) is 5.49. The zero-order valence-corrected chi connectivity index (χ0v) is 12.1. The van der Waals surface area contributed by atoms with Crippen LogP contribution in [0.3, 0.4) is 0 Å². The van der Waals surface area contributed by atoms with Gasteiger partial charge in [0.2, 0.25) is 5.91 Å². The molecule has 0 saturated heterocycles. The number of halogens is 3. The molecule has 3 nitrogen and oxygen atoms in total. The lowest BCUT2D eigenvalue weighted by molar-refractivity contribution is -0.137. The van der Waals surface area contributed by atoms with Gasteiger partial charge in [-0.1, -0.05) is 25.2 Å². The Morgan fingerprint density at radius 2 is 2.05 bits per heavy atom. The summed E-state index contributed by atoms with van der Waals surface area (Å²) in [6.45, 7) is 1.97. The molecule has 21 heavy (non-hydrogen) atoms. The smallest absolute Gasteiger partial charge is 0.392 e. The largest absolute Gasteiger partial charge is 0.416 e. The first-order valence-electron chi connectivity index (χ1n) is 6.44. The van der Waals surface area contributed by atoms with Crippen molar-refractivity contribution in [2.45, 2.75) is 25.9 Å². The summed E-state index contributed by atoms with van der Waals surface area (Å²) in [5.74, 6) is -0.119. The van der Waals surface area contributed by atoms with Crippen molar-refractivity contribution < 1.29 is 18.0 Å². The summed E-state index contributed by atoms with van der Waals surface area (Å²) in [4.78, 5) is 12.4. The maximum atomic E-state index is 12.6. The zero-order valence-electron chi connectivity index (χ0n) is 11.3. The Kier molecular flexibility index (Phi) is 3.97. The number of rotatable bonds is 3. The molecule has 0 spiro atoms. The molecule has 1 fully saturated rings. The van der Waals surface area contributed by atoms with E-state index in [2.05, 4.69) is 5.32 Å². The molecule has 0 unspecified atom stereocenters. The number of benzene rings is 1. The van der Waals surface area contributed by atoms with Crippen LogP contribution in [0.4, 0.5) is 18.9 Å². The van der Waals surface area contributed by atoms with E-state index in [-0.39, 0.29) is 10.7 Å². The molecule has 1 saturated carbocycles. The van der Waals surface area contributed by atoms with Gasteiger partial charge in [0.25, 0.3) is 0 Å². The summed E-state index contributed by atoms with van der Waals surface area (Å²) >= 11 is 4.95. The summed E-state index contributed by atoms with van der Waals surface area (Å²) < 4.78 is 37.9. The summed E-state index contributed by atoms with van der Waals surface area (Å²) in [5.41, 5.74) is 3.97. The van der Waals surface area contributed by atoms with Gasteiger partial charge >= 0.3 is 6.18 Å².